The molecule has 0 fully saturated rings. The van der Waals surface area contributed by atoms with Crippen LogP contribution in [0.4, 0.5) is 0 Å². The predicted molar refractivity (Wildman–Crippen MR) is 77.2 cm³/mol. The SMILES string of the molecule is CCCNC(Cc1cn(C)nn1)c1cc(C)nnc1C. The van der Waals surface area contributed by atoms with Gasteiger partial charge in [-0.05, 0) is 38.4 Å². The van der Waals surface area contributed by atoms with Gasteiger partial charge in [-0.2, -0.15) is 10.2 Å². The third-order valence-electron chi connectivity index (χ3n) is 3.22. The summed E-state index contributed by atoms with van der Waals surface area (Å²) in [6.07, 6.45) is 3.85. The van der Waals surface area contributed by atoms with E-state index < -0.39 is 0 Å². The summed E-state index contributed by atoms with van der Waals surface area (Å²) in [4.78, 5) is 0. The van der Waals surface area contributed by atoms with Gasteiger partial charge >= 0.3 is 0 Å². The van der Waals surface area contributed by atoms with E-state index in [9.17, 15) is 0 Å². The van der Waals surface area contributed by atoms with Crippen molar-refractivity contribution in [2.24, 2.45) is 7.05 Å². The van der Waals surface area contributed by atoms with E-state index in [-0.39, 0.29) is 6.04 Å². The predicted octanol–water partition coefficient (Wildman–Crippen LogP) is 1.51. The van der Waals surface area contributed by atoms with E-state index >= 15 is 0 Å². The highest BCUT2D eigenvalue weighted by atomic mass is 15.4. The Labute approximate surface area is 119 Å². The maximum atomic E-state index is 4.22. The molecular weight excluding hydrogens is 252 g/mol. The Kier molecular flexibility index (Phi) is 4.79. The van der Waals surface area contributed by atoms with Crippen LogP contribution >= 0.6 is 0 Å². The van der Waals surface area contributed by atoms with Gasteiger partial charge in [0.1, 0.15) is 0 Å². The molecule has 2 aromatic rings. The molecule has 0 amide bonds. The largest absolute Gasteiger partial charge is 0.310 e. The van der Waals surface area contributed by atoms with Crippen molar-refractivity contribution < 1.29 is 0 Å². The van der Waals surface area contributed by atoms with E-state index in [1.54, 1.807) is 4.68 Å². The minimum Gasteiger partial charge on any atom is -0.310 e. The van der Waals surface area contributed by atoms with Gasteiger partial charge in [-0.25, -0.2) is 0 Å². The van der Waals surface area contributed by atoms with Crippen molar-refractivity contribution in [3.8, 4) is 0 Å². The molecule has 108 valence electrons. The van der Waals surface area contributed by atoms with Crippen LogP contribution in [0.3, 0.4) is 0 Å². The molecule has 1 unspecified atom stereocenters. The average molecular weight is 274 g/mol. The van der Waals surface area contributed by atoms with Crippen LogP contribution in [0.25, 0.3) is 0 Å². The molecule has 1 atom stereocenters. The lowest BCUT2D eigenvalue weighted by Crippen LogP contribution is -2.25. The quantitative estimate of drug-likeness (QED) is 0.864. The number of nitrogens with one attached hydrogen (secondary N) is 1. The maximum absolute atomic E-state index is 4.22. The Morgan fingerprint density at radius 1 is 1.25 bits per heavy atom. The summed E-state index contributed by atoms with van der Waals surface area (Å²) < 4.78 is 1.73. The molecule has 0 aliphatic heterocycles. The minimum absolute atomic E-state index is 0.195. The van der Waals surface area contributed by atoms with Gasteiger partial charge in [-0.3, -0.25) is 4.68 Å². The number of aromatic nitrogens is 5. The molecule has 2 heterocycles. The summed E-state index contributed by atoms with van der Waals surface area (Å²) in [5, 5.41) is 20.1. The molecule has 0 aliphatic rings. The molecule has 2 rings (SSSR count). The molecule has 0 bridgehead atoms. The molecule has 6 heteroatoms. The summed E-state index contributed by atoms with van der Waals surface area (Å²) in [7, 11) is 1.88. The van der Waals surface area contributed by atoms with Crippen LogP contribution in [0.15, 0.2) is 12.3 Å². The molecule has 1 N–H and O–H groups in total. The Morgan fingerprint density at radius 3 is 2.70 bits per heavy atom. The standard InChI is InChI=1S/C14H22N6/c1-5-6-15-14(8-12-9-20(4)19-18-12)13-7-10(2)16-17-11(13)3/h7,9,14-15H,5-6,8H2,1-4H3. The van der Waals surface area contributed by atoms with E-state index in [1.807, 2.05) is 27.1 Å². The van der Waals surface area contributed by atoms with Gasteiger partial charge in [0.15, 0.2) is 0 Å². The van der Waals surface area contributed by atoms with E-state index in [1.165, 1.54) is 5.56 Å². The number of aryl methyl sites for hydroxylation is 3. The number of nitrogens with zero attached hydrogens (tertiary/aromatic N) is 5. The fraction of sp³-hybridized carbons (Fsp3) is 0.571. The van der Waals surface area contributed by atoms with Crippen LogP contribution < -0.4 is 5.32 Å². The molecule has 6 nitrogen and oxygen atoms in total. The number of hydrogen-bond acceptors (Lipinski definition) is 5. The van der Waals surface area contributed by atoms with E-state index in [0.29, 0.717) is 0 Å². The van der Waals surface area contributed by atoms with Crippen molar-refractivity contribution in [1.29, 1.82) is 0 Å². The molecule has 0 radical (unpaired) electrons. The van der Waals surface area contributed by atoms with Crippen molar-refractivity contribution in [2.75, 3.05) is 6.54 Å². The van der Waals surface area contributed by atoms with Gasteiger partial charge < -0.3 is 5.32 Å². The summed E-state index contributed by atoms with van der Waals surface area (Å²) in [5.74, 6) is 0. The van der Waals surface area contributed by atoms with Crippen LogP contribution in [0.1, 0.15) is 42.0 Å². The maximum Gasteiger partial charge on any atom is 0.0845 e. The lowest BCUT2D eigenvalue weighted by molar-refractivity contribution is 0.518. The molecule has 0 saturated carbocycles. The van der Waals surface area contributed by atoms with Crippen LogP contribution in [-0.2, 0) is 13.5 Å². The van der Waals surface area contributed by atoms with Gasteiger partial charge in [0.05, 0.1) is 17.1 Å². The summed E-state index contributed by atoms with van der Waals surface area (Å²) in [6, 6.07) is 2.30. The van der Waals surface area contributed by atoms with E-state index in [0.717, 1.165) is 36.5 Å². The topological polar surface area (TPSA) is 68.5 Å². The zero-order valence-electron chi connectivity index (χ0n) is 12.6. The van der Waals surface area contributed by atoms with Crippen molar-refractivity contribution in [1.82, 2.24) is 30.5 Å². The fourth-order valence-corrected chi connectivity index (χ4v) is 2.23. The molecule has 2 aromatic heterocycles. The molecule has 0 spiro atoms. The van der Waals surface area contributed by atoms with Crippen molar-refractivity contribution in [3.63, 3.8) is 0 Å². The first-order valence-corrected chi connectivity index (χ1v) is 6.99. The van der Waals surface area contributed by atoms with Crippen molar-refractivity contribution in [3.05, 3.63) is 34.9 Å². The van der Waals surface area contributed by atoms with Gasteiger partial charge in [-0.15, -0.1) is 5.10 Å². The molecular formula is C14H22N6. The summed E-state index contributed by atoms with van der Waals surface area (Å²) in [5.41, 5.74) is 4.08. The smallest absolute Gasteiger partial charge is 0.0845 e. The summed E-state index contributed by atoms with van der Waals surface area (Å²) >= 11 is 0. The normalized spacial score (nSPS) is 12.6. The average Bonchev–Trinajstić information content (AvgIpc) is 2.83. The Morgan fingerprint density at radius 2 is 2.05 bits per heavy atom. The zero-order valence-corrected chi connectivity index (χ0v) is 12.6. The third-order valence-corrected chi connectivity index (χ3v) is 3.22. The van der Waals surface area contributed by atoms with Gasteiger partial charge in [0, 0.05) is 25.7 Å². The second-order valence-electron chi connectivity index (χ2n) is 5.12. The van der Waals surface area contributed by atoms with E-state index in [4.69, 9.17) is 0 Å². The van der Waals surface area contributed by atoms with Crippen molar-refractivity contribution in [2.45, 2.75) is 39.7 Å². The Hall–Kier alpha value is -1.82. The molecule has 0 aliphatic carbocycles. The lowest BCUT2D eigenvalue weighted by atomic mass is 10.0. The Balaban J connectivity index is 2.24. The Bertz CT molecular complexity index is 563. The van der Waals surface area contributed by atoms with Crippen molar-refractivity contribution >= 4 is 0 Å². The van der Waals surface area contributed by atoms with E-state index in [2.05, 4.69) is 38.8 Å². The highest BCUT2D eigenvalue weighted by molar-refractivity contribution is 5.25. The summed E-state index contributed by atoms with van der Waals surface area (Å²) in [6.45, 7) is 7.09. The van der Waals surface area contributed by atoms with Crippen LogP contribution in [-0.4, -0.2) is 31.7 Å². The first-order valence-electron chi connectivity index (χ1n) is 6.99. The third kappa shape index (κ3) is 3.60. The second-order valence-corrected chi connectivity index (χ2v) is 5.12. The molecule has 0 aromatic carbocycles. The zero-order chi connectivity index (χ0) is 14.5. The van der Waals surface area contributed by atoms with Crippen LogP contribution in [0, 0.1) is 13.8 Å². The monoisotopic (exact) mass is 274 g/mol. The first-order chi connectivity index (χ1) is 9.60. The lowest BCUT2D eigenvalue weighted by Gasteiger charge is -2.19. The molecule has 0 saturated heterocycles. The highest BCUT2D eigenvalue weighted by Gasteiger charge is 2.17. The van der Waals surface area contributed by atoms with Gasteiger partial charge in [-0.1, -0.05) is 12.1 Å². The fourth-order valence-electron chi connectivity index (χ4n) is 2.23. The van der Waals surface area contributed by atoms with Crippen LogP contribution in [0.2, 0.25) is 0 Å². The highest BCUT2D eigenvalue weighted by Crippen LogP contribution is 2.20. The van der Waals surface area contributed by atoms with Crippen LogP contribution in [0.5, 0.6) is 0 Å². The number of hydrogen-bond donors (Lipinski definition) is 1. The van der Waals surface area contributed by atoms with Gasteiger partial charge in [0.25, 0.3) is 0 Å². The molecule has 20 heavy (non-hydrogen) atoms. The van der Waals surface area contributed by atoms with Gasteiger partial charge in [0.2, 0.25) is 0 Å². The second kappa shape index (κ2) is 6.56. The first kappa shape index (κ1) is 14.6. The minimum atomic E-state index is 0.195. The number of rotatable bonds is 6.